The number of hydrogen-bond acceptors (Lipinski definition) is 4. The van der Waals surface area contributed by atoms with E-state index in [1.165, 1.54) is 83.3 Å². The topological polar surface area (TPSA) is 51.6 Å². The van der Waals surface area contributed by atoms with E-state index in [9.17, 15) is 0 Å². The van der Waals surface area contributed by atoms with Crippen molar-refractivity contribution in [3.8, 4) is 101 Å². The molecule has 0 fully saturated rings. The molecule has 2 aromatic heterocycles. The number of hydrogen-bond donors (Lipinski definition) is 0. The van der Waals surface area contributed by atoms with Gasteiger partial charge in [-0.25, -0.2) is 19.9 Å². The molecule has 0 amide bonds. The molecule has 2 aliphatic carbocycles. The van der Waals surface area contributed by atoms with Crippen molar-refractivity contribution >= 4 is 32.8 Å². The predicted octanol–water partition coefficient (Wildman–Crippen LogP) is 22.6. The van der Waals surface area contributed by atoms with E-state index in [4.69, 9.17) is 19.9 Å². The summed E-state index contributed by atoms with van der Waals surface area (Å²) in [4.78, 5) is 21.5. The van der Waals surface area contributed by atoms with Gasteiger partial charge >= 0.3 is 0 Å². The monoisotopic (exact) mass is 1160 g/mol. The molecular weight excluding hydrogens is 1090 g/mol. The molecule has 12 aromatic carbocycles. The minimum atomic E-state index is -0.136. The summed E-state index contributed by atoms with van der Waals surface area (Å²) in [6.07, 6.45) is 0. The van der Waals surface area contributed by atoms with E-state index in [-0.39, 0.29) is 21.7 Å². The van der Waals surface area contributed by atoms with E-state index >= 15 is 0 Å². The number of para-hydroxylation sites is 2. The molecule has 90 heavy (non-hydrogen) atoms. The molecule has 14 aromatic rings. The number of aromatic nitrogens is 4. The highest BCUT2D eigenvalue weighted by atomic mass is 14.8. The lowest BCUT2D eigenvalue weighted by Gasteiger charge is -2.49. The highest BCUT2D eigenvalue weighted by Gasteiger charge is 2.48. The predicted molar refractivity (Wildman–Crippen MR) is 378 cm³/mol. The maximum atomic E-state index is 5.52. The third kappa shape index (κ3) is 9.18. The minimum Gasteiger partial charge on any atom is -0.244 e. The van der Waals surface area contributed by atoms with Crippen LogP contribution in [0.25, 0.3) is 134 Å². The molecule has 0 atom stereocenters. The van der Waals surface area contributed by atoms with Crippen LogP contribution in [-0.4, -0.2) is 19.9 Å². The Hall–Kier alpha value is -10.4. The molecule has 434 valence electrons. The molecule has 0 saturated heterocycles. The minimum absolute atomic E-state index is 0.105. The second-order valence-electron chi connectivity index (χ2n) is 26.5. The van der Waals surface area contributed by atoms with Gasteiger partial charge in [0.25, 0.3) is 0 Å². The largest absolute Gasteiger partial charge is 0.244 e. The zero-order valence-electron chi connectivity index (χ0n) is 52.3. The number of nitrogens with zero attached hydrogens (tertiary/aromatic N) is 4. The standard InChI is InChI=1S/C44H36N2.C42H34N2/c1-43(2)36-19-13-18-35(40(36)34-27-26-33(28-37(34)44(43,3)4)30-16-9-6-10-17-30)42-41(45-38-20-11-12-21-39(38)46-42)32-24-22-31(23-25-32)29-14-7-5-8-15-29;1-41(2)34-21-13-20-33(37(34)32-24-22-30(26-35(32)42(41,3)4)27-14-7-5-8-15-27)40-38(29-17-9-6-10-18-29)43-36-25-23-28-16-11-12-19-31(28)39(36)44-40/h5-28H,1-4H3;5-26H,1-4H3. The third-order valence-electron chi connectivity index (χ3n) is 20.7. The Balaban J connectivity index is 0.000000150. The third-order valence-corrected chi connectivity index (χ3v) is 20.7. The SMILES string of the molecule is CC1(C)c2cc(-c3ccccc3)ccc2-c2c(-c3nc4c(ccc5ccccc54)nc3-c3ccccc3)cccc2C1(C)C.CC1(C)c2cc(-c3ccccc3)ccc2-c2c(-c3nc4ccccc4nc3-c3ccc(-c4ccccc4)cc3)cccc2C1(C)C. The van der Waals surface area contributed by atoms with Gasteiger partial charge in [0.2, 0.25) is 0 Å². The summed E-state index contributed by atoms with van der Waals surface area (Å²) in [5.74, 6) is 0. The Morgan fingerprint density at radius 1 is 0.222 bits per heavy atom. The maximum absolute atomic E-state index is 5.52. The smallest absolute Gasteiger partial charge is 0.0979 e. The van der Waals surface area contributed by atoms with Crippen molar-refractivity contribution in [2.24, 2.45) is 0 Å². The van der Waals surface area contributed by atoms with E-state index < -0.39 is 0 Å². The molecule has 4 nitrogen and oxygen atoms in total. The lowest BCUT2D eigenvalue weighted by Crippen LogP contribution is -2.43. The molecule has 0 bridgehead atoms. The van der Waals surface area contributed by atoms with Crippen molar-refractivity contribution in [2.45, 2.75) is 77.0 Å². The van der Waals surface area contributed by atoms with E-state index in [0.717, 1.165) is 72.5 Å². The van der Waals surface area contributed by atoms with Crippen molar-refractivity contribution in [3.05, 3.63) is 301 Å². The van der Waals surface area contributed by atoms with Crippen LogP contribution in [0.4, 0.5) is 0 Å². The molecule has 0 radical (unpaired) electrons. The van der Waals surface area contributed by atoms with Crippen LogP contribution < -0.4 is 0 Å². The maximum Gasteiger partial charge on any atom is 0.0979 e. The fourth-order valence-electron chi connectivity index (χ4n) is 14.3. The van der Waals surface area contributed by atoms with Crippen LogP contribution in [0.2, 0.25) is 0 Å². The molecule has 2 aliphatic rings. The van der Waals surface area contributed by atoms with Crippen molar-refractivity contribution in [2.75, 3.05) is 0 Å². The molecule has 0 unspecified atom stereocenters. The molecule has 2 heterocycles. The molecule has 0 aliphatic heterocycles. The van der Waals surface area contributed by atoms with Gasteiger partial charge in [0.1, 0.15) is 0 Å². The van der Waals surface area contributed by atoms with Crippen LogP contribution in [-0.2, 0) is 21.7 Å². The van der Waals surface area contributed by atoms with Gasteiger partial charge in [0.05, 0.1) is 44.8 Å². The van der Waals surface area contributed by atoms with Gasteiger partial charge in [0.15, 0.2) is 0 Å². The summed E-state index contributed by atoms with van der Waals surface area (Å²) >= 11 is 0. The summed E-state index contributed by atoms with van der Waals surface area (Å²) in [5.41, 5.74) is 29.0. The fraction of sp³-hybridized carbons (Fsp3) is 0.140. The van der Waals surface area contributed by atoms with Gasteiger partial charge in [-0.15, -0.1) is 0 Å². The van der Waals surface area contributed by atoms with Crippen LogP contribution in [0.3, 0.4) is 0 Å². The summed E-state index contributed by atoms with van der Waals surface area (Å²) in [5, 5.41) is 2.29. The Kier molecular flexibility index (Phi) is 13.5. The summed E-state index contributed by atoms with van der Waals surface area (Å²) in [6.45, 7) is 19.2. The highest BCUT2D eigenvalue weighted by Crippen LogP contribution is 2.59. The lowest BCUT2D eigenvalue weighted by atomic mass is 9.54. The van der Waals surface area contributed by atoms with Crippen molar-refractivity contribution in [1.29, 1.82) is 0 Å². The van der Waals surface area contributed by atoms with Gasteiger partial charge in [0, 0.05) is 27.6 Å². The lowest BCUT2D eigenvalue weighted by molar-refractivity contribution is 0.299. The molecular formula is C86H70N4. The Morgan fingerprint density at radius 3 is 1.08 bits per heavy atom. The first kappa shape index (κ1) is 56.1. The van der Waals surface area contributed by atoms with E-state index in [2.05, 4.69) is 322 Å². The van der Waals surface area contributed by atoms with Crippen LogP contribution in [0.15, 0.2) is 279 Å². The quantitative estimate of drug-likeness (QED) is 0.149. The van der Waals surface area contributed by atoms with Crippen molar-refractivity contribution in [3.63, 3.8) is 0 Å². The molecule has 0 N–H and O–H groups in total. The van der Waals surface area contributed by atoms with E-state index in [0.29, 0.717) is 0 Å². The zero-order valence-corrected chi connectivity index (χ0v) is 52.3. The van der Waals surface area contributed by atoms with Gasteiger partial charge in [-0.3, -0.25) is 0 Å². The molecule has 16 rings (SSSR count). The first-order chi connectivity index (χ1) is 43.7. The second-order valence-corrected chi connectivity index (χ2v) is 26.5. The number of benzene rings is 12. The zero-order chi connectivity index (χ0) is 61.5. The van der Waals surface area contributed by atoms with Crippen LogP contribution in [0, 0.1) is 0 Å². The van der Waals surface area contributed by atoms with Crippen molar-refractivity contribution < 1.29 is 0 Å². The molecule has 0 saturated carbocycles. The van der Waals surface area contributed by atoms with Gasteiger partial charge in [-0.2, -0.15) is 0 Å². The highest BCUT2D eigenvalue weighted by molar-refractivity contribution is 6.06. The Labute approximate surface area is 528 Å². The molecule has 4 heteroatoms. The summed E-state index contributed by atoms with van der Waals surface area (Å²) < 4.78 is 0. The second kappa shape index (κ2) is 21.7. The first-order valence-electron chi connectivity index (χ1n) is 31.5. The van der Waals surface area contributed by atoms with Gasteiger partial charge in [-0.1, -0.05) is 304 Å². The van der Waals surface area contributed by atoms with Crippen molar-refractivity contribution in [1.82, 2.24) is 19.9 Å². The van der Waals surface area contributed by atoms with Crippen LogP contribution in [0.1, 0.15) is 77.6 Å². The Morgan fingerprint density at radius 2 is 0.578 bits per heavy atom. The fourth-order valence-corrected chi connectivity index (χ4v) is 14.3. The van der Waals surface area contributed by atoms with Gasteiger partial charge < -0.3 is 0 Å². The summed E-state index contributed by atoms with van der Waals surface area (Å²) in [6, 6.07) is 99.7. The first-order valence-corrected chi connectivity index (χ1v) is 31.5. The average Bonchev–Trinajstić information content (AvgIpc) is 0.733. The van der Waals surface area contributed by atoms with Crippen LogP contribution in [0.5, 0.6) is 0 Å². The van der Waals surface area contributed by atoms with E-state index in [1.807, 2.05) is 12.1 Å². The Bertz CT molecular complexity index is 5080. The summed E-state index contributed by atoms with van der Waals surface area (Å²) in [7, 11) is 0. The molecule has 0 spiro atoms. The number of rotatable bonds is 7. The number of fused-ring (bicyclic) bond motifs is 10. The normalized spacial score (nSPS) is 14.6. The average molecular weight is 1160 g/mol. The van der Waals surface area contributed by atoms with Gasteiger partial charge in [-0.05, 0) is 135 Å². The van der Waals surface area contributed by atoms with E-state index in [1.54, 1.807) is 0 Å². The van der Waals surface area contributed by atoms with Crippen LogP contribution >= 0.6 is 0 Å².